The van der Waals surface area contributed by atoms with Gasteiger partial charge in [0, 0.05) is 6.20 Å². The maximum atomic E-state index is 10.3. The maximum absolute atomic E-state index is 10.3. The first-order valence-electron chi connectivity index (χ1n) is 2.63. The molecule has 0 saturated carbocycles. The van der Waals surface area contributed by atoms with E-state index in [4.69, 9.17) is 11.5 Å². The van der Waals surface area contributed by atoms with Crippen molar-refractivity contribution in [1.29, 1.82) is 0 Å². The van der Waals surface area contributed by atoms with Crippen LogP contribution in [0.1, 0.15) is 16.1 Å². The summed E-state index contributed by atoms with van der Waals surface area (Å²) >= 11 is 0. The van der Waals surface area contributed by atoms with E-state index < -0.39 is 5.97 Å². The van der Waals surface area contributed by atoms with Gasteiger partial charge in [-0.15, -0.1) is 6.42 Å². The van der Waals surface area contributed by atoms with Gasteiger partial charge in [-0.3, -0.25) is 0 Å². The van der Waals surface area contributed by atoms with Crippen LogP contribution in [0.2, 0.25) is 0 Å². The van der Waals surface area contributed by atoms with Crippen LogP contribution in [0.25, 0.3) is 0 Å². The normalized spacial score (nSPS) is 8.70. The van der Waals surface area contributed by atoms with Crippen molar-refractivity contribution in [2.24, 2.45) is 0 Å². The fourth-order valence-electron chi connectivity index (χ4n) is 0.667. The minimum absolute atomic E-state index is 0.0718. The van der Waals surface area contributed by atoms with Crippen LogP contribution in [0.3, 0.4) is 0 Å². The molecule has 0 aliphatic carbocycles. The smallest absolute Gasteiger partial charge is 0.353 e. The molecule has 0 spiro atoms. The Morgan fingerprint density at radius 3 is 2.90 bits per heavy atom. The Hall–Kier alpha value is -1.69. The van der Waals surface area contributed by atoms with Crippen LogP contribution in [-0.2, 0) is 0 Å². The van der Waals surface area contributed by atoms with Crippen molar-refractivity contribution in [1.82, 2.24) is 4.98 Å². The highest BCUT2D eigenvalue weighted by Crippen LogP contribution is 2.03. The number of H-pyrrole nitrogens is 1. The third-order valence-electron chi connectivity index (χ3n) is 1.12. The molecule has 0 aromatic carbocycles. The van der Waals surface area contributed by atoms with E-state index in [1.54, 1.807) is 6.07 Å². The molecule has 1 aromatic rings. The second-order valence-corrected chi connectivity index (χ2v) is 1.72. The van der Waals surface area contributed by atoms with Crippen molar-refractivity contribution >= 4 is 5.97 Å². The van der Waals surface area contributed by atoms with Gasteiger partial charge in [-0.2, -0.15) is 0 Å². The zero-order valence-electron chi connectivity index (χ0n) is 5.09. The van der Waals surface area contributed by atoms with E-state index in [9.17, 15) is 4.79 Å². The lowest BCUT2D eigenvalue weighted by atomic mass is 10.2. The predicted molar refractivity (Wildman–Crippen MR) is 35.7 cm³/mol. The second kappa shape index (κ2) is 2.28. The molecule has 50 valence electrons. The molecular weight excluding hydrogens is 130 g/mol. The van der Waals surface area contributed by atoms with E-state index in [1.807, 2.05) is 0 Å². The summed E-state index contributed by atoms with van der Waals surface area (Å²) in [6.07, 6.45) is 6.50. The molecule has 3 nitrogen and oxygen atoms in total. The van der Waals surface area contributed by atoms with E-state index in [-0.39, 0.29) is 5.69 Å². The summed E-state index contributed by atoms with van der Waals surface area (Å²) in [5, 5.41) is 8.46. The third-order valence-corrected chi connectivity index (χ3v) is 1.12. The van der Waals surface area contributed by atoms with E-state index >= 15 is 0 Å². The number of nitrogens with one attached hydrogen (secondary N) is 1. The molecule has 3 heteroatoms. The quantitative estimate of drug-likeness (QED) is 0.557. The van der Waals surface area contributed by atoms with E-state index in [0.29, 0.717) is 5.56 Å². The lowest BCUT2D eigenvalue weighted by Gasteiger charge is -1.87. The number of carboxylic acids is 1. The Bertz CT molecular complexity index is 293. The lowest BCUT2D eigenvalue weighted by Crippen LogP contribution is -1.98. The first kappa shape index (κ1) is 6.43. The molecule has 1 heterocycles. The average molecular weight is 135 g/mol. The molecule has 1 aromatic heterocycles. The first-order chi connectivity index (χ1) is 4.75. The van der Waals surface area contributed by atoms with Gasteiger partial charge in [-0.05, 0) is 6.07 Å². The summed E-state index contributed by atoms with van der Waals surface area (Å²) in [4.78, 5) is 12.8. The fourth-order valence-corrected chi connectivity index (χ4v) is 0.667. The fraction of sp³-hybridized carbons (Fsp3) is 0. The van der Waals surface area contributed by atoms with Crippen molar-refractivity contribution in [3.63, 3.8) is 0 Å². The first-order valence-corrected chi connectivity index (χ1v) is 2.63. The molecule has 0 unspecified atom stereocenters. The van der Waals surface area contributed by atoms with Gasteiger partial charge in [0.2, 0.25) is 0 Å². The third kappa shape index (κ3) is 0.869. The van der Waals surface area contributed by atoms with Crippen molar-refractivity contribution < 1.29 is 9.90 Å². The van der Waals surface area contributed by atoms with Crippen molar-refractivity contribution in [2.75, 3.05) is 0 Å². The van der Waals surface area contributed by atoms with Gasteiger partial charge in [0.25, 0.3) is 0 Å². The minimum Gasteiger partial charge on any atom is -0.477 e. The predicted octanol–water partition coefficient (Wildman–Crippen LogP) is 0.694. The largest absolute Gasteiger partial charge is 0.477 e. The number of carbonyl (C=O) groups is 1. The number of rotatable bonds is 1. The van der Waals surface area contributed by atoms with Crippen LogP contribution in [-0.4, -0.2) is 16.1 Å². The molecule has 0 atom stereocenters. The van der Waals surface area contributed by atoms with Crippen molar-refractivity contribution in [3.8, 4) is 12.3 Å². The van der Waals surface area contributed by atoms with Crippen LogP contribution >= 0.6 is 0 Å². The number of aromatic carboxylic acids is 1. The molecule has 0 bridgehead atoms. The van der Waals surface area contributed by atoms with Gasteiger partial charge in [-0.1, -0.05) is 5.92 Å². The van der Waals surface area contributed by atoms with Gasteiger partial charge in [0.15, 0.2) is 0 Å². The van der Waals surface area contributed by atoms with Gasteiger partial charge in [0.05, 0.1) is 5.56 Å². The van der Waals surface area contributed by atoms with E-state index in [0.717, 1.165) is 0 Å². The summed E-state index contributed by atoms with van der Waals surface area (Å²) in [5.41, 5.74) is 0.454. The van der Waals surface area contributed by atoms with Gasteiger partial charge >= 0.3 is 5.97 Å². The summed E-state index contributed by atoms with van der Waals surface area (Å²) < 4.78 is 0. The van der Waals surface area contributed by atoms with Gasteiger partial charge in [0.1, 0.15) is 5.69 Å². The lowest BCUT2D eigenvalue weighted by molar-refractivity contribution is 0.0691. The molecule has 0 aliphatic heterocycles. The zero-order valence-corrected chi connectivity index (χ0v) is 5.09. The Balaban J connectivity index is 3.17. The Labute approximate surface area is 57.7 Å². The van der Waals surface area contributed by atoms with E-state index in [1.165, 1.54) is 6.20 Å². The molecule has 10 heavy (non-hydrogen) atoms. The zero-order chi connectivity index (χ0) is 7.56. The number of aromatic amines is 1. The van der Waals surface area contributed by atoms with Crippen molar-refractivity contribution in [2.45, 2.75) is 0 Å². The van der Waals surface area contributed by atoms with E-state index in [2.05, 4.69) is 10.9 Å². The molecule has 1 rings (SSSR count). The number of carboxylic acid groups (broad SMARTS) is 1. The summed E-state index contributed by atoms with van der Waals surface area (Å²) in [6, 6.07) is 1.55. The van der Waals surface area contributed by atoms with Crippen LogP contribution in [0.15, 0.2) is 12.3 Å². The highest BCUT2D eigenvalue weighted by molar-refractivity contribution is 5.88. The van der Waals surface area contributed by atoms with Crippen LogP contribution in [0.5, 0.6) is 0 Å². The average Bonchev–Trinajstić information content (AvgIpc) is 2.33. The second-order valence-electron chi connectivity index (χ2n) is 1.72. The Kier molecular flexibility index (Phi) is 1.46. The van der Waals surface area contributed by atoms with Crippen molar-refractivity contribution in [3.05, 3.63) is 23.5 Å². The molecule has 0 amide bonds. The Morgan fingerprint density at radius 2 is 2.50 bits per heavy atom. The van der Waals surface area contributed by atoms with Crippen LogP contribution in [0.4, 0.5) is 0 Å². The Morgan fingerprint density at radius 1 is 1.80 bits per heavy atom. The highest BCUT2D eigenvalue weighted by Gasteiger charge is 2.07. The van der Waals surface area contributed by atoms with Crippen LogP contribution < -0.4 is 0 Å². The number of hydrogen-bond donors (Lipinski definition) is 2. The number of terminal acetylenes is 1. The number of hydrogen-bond acceptors (Lipinski definition) is 1. The summed E-state index contributed by atoms with van der Waals surface area (Å²) in [7, 11) is 0. The monoisotopic (exact) mass is 135 g/mol. The van der Waals surface area contributed by atoms with Gasteiger partial charge in [-0.25, -0.2) is 4.79 Å². The molecule has 0 aliphatic rings. The molecular formula is C7H5NO2. The SMILES string of the molecule is C#Cc1cc[nH]c1C(=O)O. The highest BCUT2D eigenvalue weighted by atomic mass is 16.4. The molecule has 0 radical (unpaired) electrons. The summed E-state index contributed by atoms with van der Waals surface area (Å²) in [5.74, 6) is 1.22. The summed E-state index contributed by atoms with van der Waals surface area (Å²) in [6.45, 7) is 0. The van der Waals surface area contributed by atoms with Crippen LogP contribution in [0, 0.1) is 12.3 Å². The van der Waals surface area contributed by atoms with Gasteiger partial charge < -0.3 is 10.1 Å². The topological polar surface area (TPSA) is 53.1 Å². The minimum atomic E-state index is -1.03. The maximum Gasteiger partial charge on any atom is 0.353 e. The molecule has 0 fully saturated rings. The molecule has 0 saturated heterocycles. The number of aromatic nitrogens is 1. The standard InChI is InChI=1S/C7H5NO2/c1-2-5-3-4-8-6(5)7(9)10/h1,3-4,8H,(H,9,10). The molecule has 2 N–H and O–H groups in total.